The van der Waals surface area contributed by atoms with E-state index in [4.69, 9.17) is 0 Å². The zero-order valence-electron chi connectivity index (χ0n) is 9.51. The maximum atomic E-state index is 12.9. The second-order valence-electron chi connectivity index (χ2n) is 3.91. The quantitative estimate of drug-likeness (QED) is 0.830. The lowest BCUT2D eigenvalue weighted by Gasteiger charge is -2.13. The van der Waals surface area contributed by atoms with Gasteiger partial charge in [0.25, 0.3) is 5.56 Å². The SMILES string of the molecule is Cc1ccccc1-c1c(C(F)(F)F)cc[nH]c1=O. The molecule has 5 heteroatoms. The molecule has 2 rings (SSSR count). The third-order valence-electron chi connectivity index (χ3n) is 2.68. The van der Waals surface area contributed by atoms with Crippen LogP contribution in [-0.2, 0) is 6.18 Å². The van der Waals surface area contributed by atoms with Crippen LogP contribution in [0.4, 0.5) is 13.2 Å². The Kier molecular flexibility index (Phi) is 2.98. The second-order valence-corrected chi connectivity index (χ2v) is 3.91. The van der Waals surface area contributed by atoms with Crippen molar-refractivity contribution in [1.82, 2.24) is 4.98 Å². The minimum Gasteiger partial charge on any atom is -0.329 e. The molecule has 0 atom stereocenters. The maximum absolute atomic E-state index is 12.9. The van der Waals surface area contributed by atoms with Gasteiger partial charge in [0.15, 0.2) is 0 Å². The third kappa shape index (κ3) is 2.16. The van der Waals surface area contributed by atoms with Crippen LogP contribution in [0.2, 0.25) is 0 Å². The summed E-state index contributed by atoms with van der Waals surface area (Å²) in [6, 6.07) is 7.37. The normalized spacial score (nSPS) is 11.6. The molecule has 0 saturated heterocycles. The van der Waals surface area contributed by atoms with Crippen molar-refractivity contribution in [1.29, 1.82) is 0 Å². The number of pyridine rings is 1. The van der Waals surface area contributed by atoms with Crippen LogP contribution in [0.3, 0.4) is 0 Å². The Hall–Kier alpha value is -2.04. The molecular formula is C13H10F3NO. The number of aromatic amines is 1. The molecule has 2 nitrogen and oxygen atoms in total. The molecule has 94 valence electrons. The number of aryl methyl sites for hydroxylation is 1. The minimum atomic E-state index is -4.55. The van der Waals surface area contributed by atoms with Crippen molar-refractivity contribution < 1.29 is 13.2 Å². The van der Waals surface area contributed by atoms with Gasteiger partial charge < -0.3 is 4.98 Å². The Bertz CT molecular complexity index is 629. The van der Waals surface area contributed by atoms with Crippen LogP contribution in [-0.4, -0.2) is 4.98 Å². The summed E-state index contributed by atoms with van der Waals surface area (Å²) in [5.74, 6) is 0. The molecule has 1 heterocycles. The van der Waals surface area contributed by atoms with Gasteiger partial charge in [0, 0.05) is 6.20 Å². The number of H-pyrrole nitrogens is 1. The molecule has 0 saturated carbocycles. The number of hydrogen-bond donors (Lipinski definition) is 1. The molecule has 0 aliphatic rings. The van der Waals surface area contributed by atoms with Crippen molar-refractivity contribution in [2.45, 2.75) is 13.1 Å². The van der Waals surface area contributed by atoms with Crippen molar-refractivity contribution in [3.8, 4) is 11.1 Å². The molecule has 0 aliphatic carbocycles. The van der Waals surface area contributed by atoms with Gasteiger partial charge in [-0.15, -0.1) is 0 Å². The van der Waals surface area contributed by atoms with Crippen molar-refractivity contribution in [3.63, 3.8) is 0 Å². The van der Waals surface area contributed by atoms with Gasteiger partial charge in [-0.3, -0.25) is 4.79 Å². The highest BCUT2D eigenvalue weighted by molar-refractivity contribution is 5.70. The van der Waals surface area contributed by atoms with Gasteiger partial charge in [0.05, 0.1) is 11.1 Å². The summed E-state index contributed by atoms with van der Waals surface area (Å²) in [7, 11) is 0. The number of hydrogen-bond acceptors (Lipinski definition) is 1. The summed E-state index contributed by atoms with van der Waals surface area (Å²) in [5, 5.41) is 0. The number of rotatable bonds is 1. The highest BCUT2D eigenvalue weighted by Crippen LogP contribution is 2.35. The van der Waals surface area contributed by atoms with Crippen LogP contribution in [0.1, 0.15) is 11.1 Å². The maximum Gasteiger partial charge on any atom is 0.417 e. The Labute approximate surface area is 101 Å². The summed E-state index contributed by atoms with van der Waals surface area (Å²) < 4.78 is 38.7. The van der Waals surface area contributed by atoms with Crippen molar-refractivity contribution in [2.75, 3.05) is 0 Å². The minimum absolute atomic E-state index is 0.298. The van der Waals surface area contributed by atoms with Gasteiger partial charge >= 0.3 is 6.18 Å². The number of halogens is 3. The first-order valence-electron chi connectivity index (χ1n) is 5.26. The summed E-state index contributed by atoms with van der Waals surface area (Å²) in [6.07, 6.45) is -3.54. The van der Waals surface area contributed by atoms with E-state index in [1.165, 1.54) is 6.07 Å². The Morgan fingerprint density at radius 1 is 1.11 bits per heavy atom. The first kappa shape index (κ1) is 12.4. The fourth-order valence-corrected chi connectivity index (χ4v) is 1.84. The van der Waals surface area contributed by atoms with E-state index in [0.717, 1.165) is 12.3 Å². The molecule has 1 aromatic heterocycles. The largest absolute Gasteiger partial charge is 0.417 e. The lowest BCUT2D eigenvalue weighted by atomic mass is 9.97. The van der Waals surface area contributed by atoms with Gasteiger partial charge in [0.2, 0.25) is 0 Å². The average molecular weight is 253 g/mol. The Morgan fingerprint density at radius 3 is 2.39 bits per heavy atom. The molecule has 2 aromatic rings. The zero-order valence-corrected chi connectivity index (χ0v) is 9.51. The predicted molar refractivity (Wildman–Crippen MR) is 62.2 cm³/mol. The van der Waals surface area contributed by atoms with E-state index in [-0.39, 0.29) is 5.56 Å². The molecule has 0 amide bonds. The molecule has 0 aliphatic heterocycles. The number of alkyl halides is 3. The summed E-state index contributed by atoms with van der Waals surface area (Å²) in [6.45, 7) is 1.67. The van der Waals surface area contributed by atoms with Crippen molar-refractivity contribution in [3.05, 3.63) is 58.0 Å². The molecular weight excluding hydrogens is 243 g/mol. The fourth-order valence-electron chi connectivity index (χ4n) is 1.84. The molecule has 0 bridgehead atoms. The van der Waals surface area contributed by atoms with Crippen LogP contribution in [0.15, 0.2) is 41.3 Å². The topological polar surface area (TPSA) is 32.9 Å². The second kappa shape index (κ2) is 4.33. The monoisotopic (exact) mass is 253 g/mol. The van der Waals surface area contributed by atoms with Crippen LogP contribution >= 0.6 is 0 Å². The molecule has 1 N–H and O–H groups in total. The lowest BCUT2D eigenvalue weighted by molar-refractivity contribution is -0.137. The van der Waals surface area contributed by atoms with E-state index in [2.05, 4.69) is 4.98 Å². The van der Waals surface area contributed by atoms with E-state index in [9.17, 15) is 18.0 Å². The summed E-state index contributed by atoms with van der Waals surface area (Å²) >= 11 is 0. The van der Waals surface area contributed by atoms with Crippen LogP contribution in [0.25, 0.3) is 11.1 Å². The average Bonchev–Trinajstić information content (AvgIpc) is 2.29. The highest BCUT2D eigenvalue weighted by Gasteiger charge is 2.35. The van der Waals surface area contributed by atoms with Crippen molar-refractivity contribution in [2.24, 2.45) is 0 Å². The standard InChI is InChI=1S/C13H10F3NO/c1-8-4-2-3-5-9(8)11-10(13(14,15)16)6-7-17-12(11)18/h2-7H,1H3,(H,17,18). The van der Waals surface area contributed by atoms with Crippen LogP contribution < -0.4 is 5.56 Å². The first-order valence-corrected chi connectivity index (χ1v) is 5.26. The number of nitrogens with one attached hydrogen (secondary N) is 1. The van der Waals surface area contributed by atoms with Crippen molar-refractivity contribution >= 4 is 0 Å². The molecule has 0 fully saturated rings. The van der Waals surface area contributed by atoms with Gasteiger partial charge in [-0.05, 0) is 24.1 Å². The lowest BCUT2D eigenvalue weighted by Crippen LogP contribution is -2.17. The molecule has 0 radical (unpaired) electrons. The Morgan fingerprint density at radius 2 is 1.78 bits per heavy atom. The zero-order chi connectivity index (χ0) is 13.3. The number of aromatic nitrogens is 1. The summed E-state index contributed by atoms with van der Waals surface area (Å²) in [5.41, 5.74) is -1.06. The van der Waals surface area contributed by atoms with E-state index < -0.39 is 17.3 Å². The molecule has 0 unspecified atom stereocenters. The summed E-state index contributed by atoms with van der Waals surface area (Å²) in [4.78, 5) is 14.0. The molecule has 1 aromatic carbocycles. The Balaban J connectivity index is 2.80. The van der Waals surface area contributed by atoms with E-state index >= 15 is 0 Å². The smallest absolute Gasteiger partial charge is 0.329 e. The van der Waals surface area contributed by atoms with E-state index in [1.807, 2.05) is 0 Å². The van der Waals surface area contributed by atoms with Crippen LogP contribution in [0.5, 0.6) is 0 Å². The van der Waals surface area contributed by atoms with E-state index in [1.54, 1.807) is 25.1 Å². The third-order valence-corrected chi connectivity index (χ3v) is 2.68. The van der Waals surface area contributed by atoms with Gasteiger partial charge in [-0.1, -0.05) is 24.3 Å². The fraction of sp³-hybridized carbons (Fsp3) is 0.154. The van der Waals surface area contributed by atoms with E-state index in [0.29, 0.717) is 11.1 Å². The van der Waals surface area contributed by atoms with Gasteiger partial charge in [-0.2, -0.15) is 13.2 Å². The number of benzene rings is 1. The van der Waals surface area contributed by atoms with Gasteiger partial charge in [-0.25, -0.2) is 0 Å². The van der Waals surface area contributed by atoms with Crippen LogP contribution in [0, 0.1) is 6.92 Å². The molecule has 18 heavy (non-hydrogen) atoms. The first-order chi connectivity index (χ1) is 8.41. The highest BCUT2D eigenvalue weighted by atomic mass is 19.4. The predicted octanol–water partition coefficient (Wildman–Crippen LogP) is 3.37. The van der Waals surface area contributed by atoms with Gasteiger partial charge in [0.1, 0.15) is 0 Å². The molecule has 0 spiro atoms.